The molecular weight excluding hydrogens is 247 g/mol. The number of nitrogens with zero attached hydrogens (tertiary/aromatic N) is 1. The second-order valence-corrected chi connectivity index (χ2v) is 4.16. The summed E-state index contributed by atoms with van der Waals surface area (Å²) in [5, 5.41) is 13.4. The zero-order valence-electron chi connectivity index (χ0n) is 8.70. The molecule has 0 unspecified atom stereocenters. The van der Waals surface area contributed by atoms with Crippen molar-refractivity contribution < 1.29 is 14.4 Å². The molecule has 17 heavy (non-hydrogen) atoms. The summed E-state index contributed by atoms with van der Waals surface area (Å²) in [7, 11) is 0. The SMILES string of the molecule is O=C(NC1CC1)c1cc(/[C]=N/O)cc(F)c1Cl. The number of carbonyl (C=O) groups is 1. The molecule has 0 spiro atoms. The molecule has 4 nitrogen and oxygen atoms in total. The fourth-order valence-electron chi connectivity index (χ4n) is 1.37. The number of amides is 1. The summed E-state index contributed by atoms with van der Waals surface area (Å²) < 4.78 is 13.4. The third-order valence-corrected chi connectivity index (χ3v) is 2.75. The van der Waals surface area contributed by atoms with E-state index in [1.165, 1.54) is 6.07 Å². The fraction of sp³-hybridized carbons (Fsp3) is 0.273. The normalized spacial score (nSPS) is 15.2. The Morgan fingerprint density at radius 3 is 2.88 bits per heavy atom. The van der Waals surface area contributed by atoms with E-state index in [1.807, 2.05) is 0 Å². The van der Waals surface area contributed by atoms with Crippen molar-refractivity contribution in [3.8, 4) is 0 Å². The summed E-state index contributed by atoms with van der Waals surface area (Å²) in [6.07, 6.45) is 3.99. The van der Waals surface area contributed by atoms with Gasteiger partial charge in [-0.25, -0.2) is 4.39 Å². The smallest absolute Gasteiger partial charge is 0.253 e. The Hall–Kier alpha value is -1.62. The Morgan fingerprint density at radius 1 is 1.59 bits per heavy atom. The molecule has 0 bridgehead atoms. The van der Waals surface area contributed by atoms with Gasteiger partial charge in [0.05, 0.1) is 10.6 Å². The molecule has 1 aromatic rings. The van der Waals surface area contributed by atoms with Gasteiger partial charge in [-0.1, -0.05) is 16.8 Å². The highest BCUT2D eigenvalue weighted by molar-refractivity contribution is 6.34. The van der Waals surface area contributed by atoms with Crippen LogP contribution in [0, 0.1) is 5.82 Å². The third kappa shape index (κ3) is 2.74. The van der Waals surface area contributed by atoms with Gasteiger partial charge in [0.15, 0.2) is 0 Å². The van der Waals surface area contributed by atoms with E-state index < -0.39 is 11.7 Å². The minimum atomic E-state index is -0.749. The van der Waals surface area contributed by atoms with Crippen molar-refractivity contribution >= 4 is 23.7 Å². The molecular formula is C11H9ClFN2O2. The summed E-state index contributed by atoms with van der Waals surface area (Å²) in [4.78, 5) is 11.7. The highest BCUT2D eigenvalue weighted by atomic mass is 35.5. The van der Waals surface area contributed by atoms with Crippen molar-refractivity contribution in [1.29, 1.82) is 0 Å². The van der Waals surface area contributed by atoms with Gasteiger partial charge in [-0.05, 0) is 25.0 Å². The van der Waals surface area contributed by atoms with Crippen molar-refractivity contribution in [1.82, 2.24) is 5.32 Å². The summed E-state index contributed by atoms with van der Waals surface area (Å²) in [5.41, 5.74) is 0.167. The molecule has 1 radical (unpaired) electrons. The number of benzene rings is 1. The van der Waals surface area contributed by atoms with Crippen LogP contribution in [0.1, 0.15) is 28.8 Å². The van der Waals surface area contributed by atoms with E-state index in [4.69, 9.17) is 16.8 Å². The zero-order valence-corrected chi connectivity index (χ0v) is 9.46. The van der Waals surface area contributed by atoms with Gasteiger partial charge in [0, 0.05) is 11.6 Å². The van der Waals surface area contributed by atoms with Crippen LogP contribution in [0.4, 0.5) is 4.39 Å². The van der Waals surface area contributed by atoms with Crippen LogP contribution in [0.15, 0.2) is 17.3 Å². The molecule has 1 saturated carbocycles. The average molecular weight is 256 g/mol. The predicted molar refractivity (Wildman–Crippen MR) is 60.2 cm³/mol. The molecule has 0 aromatic heterocycles. The molecule has 1 aliphatic carbocycles. The third-order valence-electron chi connectivity index (χ3n) is 2.36. The zero-order chi connectivity index (χ0) is 12.4. The van der Waals surface area contributed by atoms with Gasteiger partial charge in [0.2, 0.25) is 0 Å². The van der Waals surface area contributed by atoms with Crippen LogP contribution < -0.4 is 5.32 Å². The molecule has 0 aliphatic heterocycles. The maximum atomic E-state index is 13.4. The van der Waals surface area contributed by atoms with Crippen molar-refractivity contribution in [3.63, 3.8) is 0 Å². The minimum absolute atomic E-state index is 0.0183. The van der Waals surface area contributed by atoms with E-state index in [0.717, 1.165) is 18.9 Å². The van der Waals surface area contributed by atoms with Crippen LogP contribution in [-0.2, 0) is 0 Å². The standard InChI is InChI=1S/C11H9ClFN2O2/c12-10-8(11(16)15-7-1-2-7)3-6(5-14-17)4-9(10)13/h3-4,7,17H,1-2H2,(H,15,16). The first-order valence-corrected chi connectivity index (χ1v) is 5.39. The summed E-state index contributed by atoms with van der Waals surface area (Å²) in [5.74, 6) is -1.18. The molecule has 0 atom stereocenters. The highest BCUT2D eigenvalue weighted by Crippen LogP contribution is 2.24. The summed E-state index contributed by atoms with van der Waals surface area (Å²) in [6, 6.07) is 2.51. The Balaban J connectivity index is 2.32. The van der Waals surface area contributed by atoms with Gasteiger partial charge in [0.1, 0.15) is 12.0 Å². The Morgan fingerprint density at radius 2 is 2.29 bits per heavy atom. The van der Waals surface area contributed by atoms with Gasteiger partial charge in [0.25, 0.3) is 5.91 Å². The second kappa shape index (κ2) is 4.71. The monoisotopic (exact) mass is 255 g/mol. The van der Waals surface area contributed by atoms with Gasteiger partial charge >= 0.3 is 0 Å². The quantitative estimate of drug-likeness (QED) is 0.493. The van der Waals surface area contributed by atoms with E-state index in [1.54, 1.807) is 0 Å². The Bertz CT molecular complexity index is 487. The lowest BCUT2D eigenvalue weighted by molar-refractivity contribution is 0.0950. The number of carbonyl (C=O) groups excluding carboxylic acids is 1. The molecule has 2 rings (SSSR count). The maximum Gasteiger partial charge on any atom is 0.253 e. The van der Waals surface area contributed by atoms with Crippen molar-refractivity contribution in [2.24, 2.45) is 5.16 Å². The Kier molecular flexibility index (Phi) is 3.28. The van der Waals surface area contributed by atoms with Gasteiger partial charge < -0.3 is 10.5 Å². The lowest BCUT2D eigenvalue weighted by atomic mass is 10.1. The first-order chi connectivity index (χ1) is 8.11. The van der Waals surface area contributed by atoms with Crippen LogP contribution in [0.25, 0.3) is 0 Å². The molecule has 1 amide bonds. The Labute approximate surface area is 102 Å². The molecule has 0 saturated heterocycles. The second-order valence-electron chi connectivity index (χ2n) is 3.78. The molecule has 0 heterocycles. The van der Waals surface area contributed by atoms with Gasteiger partial charge in [-0.15, -0.1) is 0 Å². The molecule has 1 aromatic carbocycles. The van der Waals surface area contributed by atoms with E-state index >= 15 is 0 Å². The summed E-state index contributed by atoms with van der Waals surface area (Å²) in [6.45, 7) is 0. The van der Waals surface area contributed by atoms with Gasteiger partial charge in [-0.2, -0.15) is 0 Å². The predicted octanol–water partition coefficient (Wildman–Crippen LogP) is 2.06. The lowest BCUT2D eigenvalue weighted by Crippen LogP contribution is -2.26. The number of rotatable bonds is 3. The highest BCUT2D eigenvalue weighted by Gasteiger charge is 2.25. The van der Waals surface area contributed by atoms with Crippen LogP contribution >= 0.6 is 11.6 Å². The van der Waals surface area contributed by atoms with Crippen LogP contribution in [0.2, 0.25) is 5.02 Å². The fourth-order valence-corrected chi connectivity index (χ4v) is 1.56. The minimum Gasteiger partial charge on any atom is -0.410 e. The van der Waals surface area contributed by atoms with Crippen LogP contribution in [0.3, 0.4) is 0 Å². The van der Waals surface area contributed by atoms with Crippen LogP contribution in [0.5, 0.6) is 0 Å². The van der Waals surface area contributed by atoms with Crippen molar-refractivity contribution in [2.75, 3.05) is 0 Å². The molecule has 1 fully saturated rings. The summed E-state index contributed by atoms with van der Waals surface area (Å²) >= 11 is 5.71. The largest absolute Gasteiger partial charge is 0.410 e. The van der Waals surface area contributed by atoms with Crippen molar-refractivity contribution in [3.05, 3.63) is 34.1 Å². The first-order valence-electron chi connectivity index (χ1n) is 5.02. The number of hydrogen-bond donors (Lipinski definition) is 2. The van der Waals surface area contributed by atoms with Crippen molar-refractivity contribution in [2.45, 2.75) is 18.9 Å². The molecule has 89 valence electrons. The lowest BCUT2D eigenvalue weighted by Gasteiger charge is -2.07. The van der Waals surface area contributed by atoms with E-state index in [9.17, 15) is 9.18 Å². The number of halogens is 2. The number of hydrogen-bond acceptors (Lipinski definition) is 3. The molecule has 1 aliphatic rings. The van der Waals surface area contributed by atoms with E-state index in [2.05, 4.69) is 16.7 Å². The topological polar surface area (TPSA) is 61.7 Å². The van der Waals surface area contributed by atoms with E-state index in [0.29, 0.717) is 0 Å². The van der Waals surface area contributed by atoms with E-state index in [-0.39, 0.29) is 22.2 Å². The number of nitrogens with one attached hydrogen (secondary N) is 1. The van der Waals surface area contributed by atoms with Crippen LogP contribution in [-0.4, -0.2) is 23.4 Å². The molecule has 2 N–H and O–H groups in total. The maximum absolute atomic E-state index is 13.4. The average Bonchev–Trinajstić information content (AvgIpc) is 3.07. The first kappa shape index (κ1) is 11.9. The molecule has 6 heteroatoms. The van der Waals surface area contributed by atoms with Gasteiger partial charge in [-0.3, -0.25) is 4.79 Å².